The highest BCUT2D eigenvalue weighted by Gasteiger charge is 2.19. The predicted octanol–water partition coefficient (Wildman–Crippen LogP) is 5.37. The maximum atomic E-state index is 12.9. The predicted molar refractivity (Wildman–Crippen MR) is 134 cm³/mol. The van der Waals surface area contributed by atoms with Crippen LogP contribution >= 0.6 is 11.3 Å². The van der Waals surface area contributed by atoms with Crippen molar-refractivity contribution in [3.63, 3.8) is 0 Å². The van der Waals surface area contributed by atoms with Gasteiger partial charge in [-0.25, -0.2) is 13.4 Å². The number of thiazole rings is 1. The number of nitrogens with one attached hydrogen (secondary N) is 2. The number of anilines is 2. The summed E-state index contributed by atoms with van der Waals surface area (Å²) in [5, 5.41) is 2.99. The van der Waals surface area contributed by atoms with E-state index < -0.39 is 15.9 Å². The van der Waals surface area contributed by atoms with E-state index in [9.17, 15) is 18.0 Å². The summed E-state index contributed by atoms with van der Waals surface area (Å²) in [4.78, 5) is 30.0. The Morgan fingerprint density at radius 2 is 1.62 bits per heavy atom. The summed E-state index contributed by atoms with van der Waals surface area (Å²) in [5.41, 5.74) is 2.72. The van der Waals surface area contributed by atoms with Crippen molar-refractivity contribution in [1.29, 1.82) is 0 Å². The Balaban J connectivity index is 1.55. The first-order chi connectivity index (χ1) is 16.2. The molecule has 4 rings (SSSR count). The van der Waals surface area contributed by atoms with E-state index in [4.69, 9.17) is 0 Å². The Bertz CT molecular complexity index is 1460. The lowest BCUT2D eigenvalue weighted by Gasteiger charge is -2.10. The molecule has 9 heteroatoms. The highest BCUT2D eigenvalue weighted by molar-refractivity contribution is 7.92. The first kappa shape index (κ1) is 23.3. The lowest BCUT2D eigenvalue weighted by Crippen LogP contribution is -2.15. The van der Waals surface area contributed by atoms with E-state index in [-0.39, 0.29) is 27.1 Å². The van der Waals surface area contributed by atoms with Gasteiger partial charge in [0, 0.05) is 23.7 Å². The van der Waals surface area contributed by atoms with Crippen molar-refractivity contribution in [2.24, 2.45) is 0 Å². The minimum absolute atomic E-state index is 0.126. The van der Waals surface area contributed by atoms with Crippen LogP contribution < -0.4 is 10.0 Å². The third kappa shape index (κ3) is 5.22. The molecule has 0 radical (unpaired) electrons. The van der Waals surface area contributed by atoms with Gasteiger partial charge < -0.3 is 0 Å². The monoisotopic (exact) mass is 491 g/mol. The third-order valence-electron chi connectivity index (χ3n) is 4.92. The summed E-state index contributed by atoms with van der Waals surface area (Å²) in [7, 11) is -3.80. The second-order valence-electron chi connectivity index (χ2n) is 7.57. The van der Waals surface area contributed by atoms with Crippen LogP contribution in [0.2, 0.25) is 0 Å². The van der Waals surface area contributed by atoms with Crippen molar-refractivity contribution in [2.45, 2.75) is 18.7 Å². The zero-order valence-electron chi connectivity index (χ0n) is 18.4. The van der Waals surface area contributed by atoms with Crippen molar-refractivity contribution >= 4 is 43.9 Å². The highest BCUT2D eigenvalue weighted by Crippen LogP contribution is 2.32. The van der Waals surface area contributed by atoms with Crippen LogP contribution in [0.1, 0.15) is 32.5 Å². The van der Waals surface area contributed by atoms with Crippen molar-refractivity contribution < 1.29 is 18.0 Å². The maximum Gasteiger partial charge on any atom is 0.261 e. The average Bonchev–Trinajstić information content (AvgIpc) is 3.24. The van der Waals surface area contributed by atoms with Gasteiger partial charge in [0.1, 0.15) is 0 Å². The average molecular weight is 492 g/mol. The lowest BCUT2D eigenvalue weighted by molar-refractivity contribution is 0.101. The first-order valence-corrected chi connectivity index (χ1v) is 12.6. The second kappa shape index (κ2) is 9.58. The maximum absolute atomic E-state index is 12.9. The molecule has 0 saturated carbocycles. The van der Waals surface area contributed by atoms with Gasteiger partial charge in [0.25, 0.3) is 15.9 Å². The summed E-state index contributed by atoms with van der Waals surface area (Å²) < 4.78 is 27.8. The largest absolute Gasteiger partial charge is 0.298 e. The number of Topliss-reactive ketones (excluding diaryl/α,β-unsaturated/α-hetero) is 1. The zero-order valence-corrected chi connectivity index (χ0v) is 20.0. The Kier molecular flexibility index (Phi) is 6.58. The van der Waals surface area contributed by atoms with Crippen LogP contribution in [0.3, 0.4) is 0 Å². The van der Waals surface area contributed by atoms with E-state index in [0.29, 0.717) is 10.6 Å². The normalized spacial score (nSPS) is 11.1. The Morgan fingerprint density at radius 3 is 2.29 bits per heavy atom. The van der Waals surface area contributed by atoms with E-state index in [2.05, 4.69) is 15.0 Å². The molecule has 0 aliphatic heterocycles. The molecule has 0 unspecified atom stereocenters. The van der Waals surface area contributed by atoms with E-state index in [0.717, 1.165) is 22.5 Å². The van der Waals surface area contributed by atoms with Gasteiger partial charge >= 0.3 is 0 Å². The number of aromatic nitrogens is 1. The summed E-state index contributed by atoms with van der Waals surface area (Å²) in [6, 6.07) is 21.9. The van der Waals surface area contributed by atoms with Crippen molar-refractivity contribution in [3.8, 4) is 11.3 Å². The molecule has 0 spiro atoms. The minimum Gasteiger partial charge on any atom is -0.298 e. The van der Waals surface area contributed by atoms with Gasteiger partial charge in [-0.15, -0.1) is 0 Å². The summed E-state index contributed by atoms with van der Waals surface area (Å²) in [5.74, 6) is -0.621. The number of amides is 1. The van der Waals surface area contributed by atoms with Crippen LogP contribution in [-0.4, -0.2) is 25.1 Å². The van der Waals surface area contributed by atoms with Gasteiger partial charge in [-0.3, -0.25) is 19.6 Å². The number of sulfonamides is 1. The summed E-state index contributed by atoms with van der Waals surface area (Å²) >= 11 is 1.09. The molecule has 7 nitrogen and oxygen atoms in total. The number of aryl methyl sites for hydroxylation is 1. The molecule has 4 aromatic rings. The molecule has 0 saturated heterocycles. The van der Waals surface area contributed by atoms with Crippen LogP contribution in [0.25, 0.3) is 11.3 Å². The summed E-state index contributed by atoms with van der Waals surface area (Å²) in [6.07, 6.45) is 0. The van der Waals surface area contributed by atoms with Gasteiger partial charge in [-0.2, -0.15) is 0 Å². The van der Waals surface area contributed by atoms with Gasteiger partial charge in [-0.05, 0) is 37.3 Å². The number of rotatable bonds is 7. The van der Waals surface area contributed by atoms with Gasteiger partial charge in [0.05, 0.1) is 15.5 Å². The van der Waals surface area contributed by atoms with Crippen LogP contribution in [0, 0.1) is 6.92 Å². The molecule has 1 aromatic heterocycles. The van der Waals surface area contributed by atoms with Gasteiger partial charge in [-0.1, -0.05) is 65.4 Å². The van der Waals surface area contributed by atoms with Crippen LogP contribution in [0.15, 0.2) is 83.8 Å². The van der Waals surface area contributed by atoms with Gasteiger partial charge in [0.2, 0.25) is 0 Å². The lowest BCUT2D eigenvalue weighted by atomic mass is 10.1. The number of nitrogens with zero attached hydrogens (tertiary/aromatic N) is 1. The number of ketones is 1. The molecular weight excluding hydrogens is 470 g/mol. The molecule has 3 aromatic carbocycles. The molecule has 0 aliphatic carbocycles. The van der Waals surface area contributed by atoms with Crippen molar-refractivity contribution in [3.05, 3.63) is 94.9 Å². The molecule has 1 heterocycles. The second-order valence-corrected chi connectivity index (χ2v) is 10.3. The van der Waals surface area contributed by atoms with Crippen molar-refractivity contribution in [2.75, 3.05) is 10.0 Å². The van der Waals surface area contributed by atoms with E-state index >= 15 is 0 Å². The van der Waals surface area contributed by atoms with Crippen molar-refractivity contribution in [1.82, 2.24) is 4.98 Å². The number of benzene rings is 3. The van der Waals surface area contributed by atoms with Gasteiger partial charge in [0.15, 0.2) is 10.9 Å². The number of hydrogen-bond donors (Lipinski definition) is 2. The fourth-order valence-corrected chi connectivity index (χ4v) is 5.16. The fourth-order valence-electron chi connectivity index (χ4n) is 3.23. The molecule has 172 valence electrons. The van der Waals surface area contributed by atoms with E-state index in [1.165, 1.54) is 25.1 Å². The highest BCUT2D eigenvalue weighted by atomic mass is 32.2. The van der Waals surface area contributed by atoms with Crippen LogP contribution in [0.5, 0.6) is 0 Å². The molecule has 34 heavy (non-hydrogen) atoms. The third-order valence-corrected chi connectivity index (χ3v) is 7.39. The molecule has 0 bridgehead atoms. The smallest absolute Gasteiger partial charge is 0.261 e. The SMILES string of the molecule is CC(=O)c1sc(NC(=O)c2cccc(NS(=O)(=O)c3ccc(C)cc3)c2)nc1-c1ccccc1. The van der Waals surface area contributed by atoms with E-state index in [1.54, 1.807) is 30.3 Å². The number of carbonyl (C=O) groups excluding carboxylic acids is 2. The first-order valence-electron chi connectivity index (χ1n) is 10.3. The topological polar surface area (TPSA) is 105 Å². The fraction of sp³-hybridized carbons (Fsp3) is 0.0800. The molecule has 0 atom stereocenters. The van der Waals surface area contributed by atoms with Crippen LogP contribution in [-0.2, 0) is 10.0 Å². The molecule has 0 fully saturated rings. The number of hydrogen-bond acceptors (Lipinski definition) is 6. The molecule has 1 amide bonds. The quantitative estimate of drug-likeness (QED) is 0.338. The van der Waals surface area contributed by atoms with Crippen LogP contribution in [0.4, 0.5) is 10.8 Å². The number of carbonyl (C=O) groups is 2. The molecule has 0 aliphatic rings. The zero-order chi connectivity index (χ0) is 24.3. The molecular formula is C25H21N3O4S2. The minimum atomic E-state index is -3.80. The standard InChI is InChI=1S/C25H21N3O4S2/c1-16-11-13-21(14-12-16)34(31,32)28-20-10-6-9-19(15-20)24(30)27-25-26-22(23(33-25)17(2)29)18-7-4-3-5-8-18/h3-15,28H,1-2H3,(H,26,27,30). The van der Waals surface area contributed by atoms with E-state index in [1.807, 2.05) is 37.3 Å². The Labute approximate surface area is 201 Å². The Morgan fingerprint density at radius 1 is 0.912 bits per heavy atom. The Hall–Kier alpha value is -3.82. The summed E-state index contributed by atoms with van der Waals surface area (Å²) in [6.45, 7) is 3.33. The molecule has 2 N–H and O–H groups in total.